The second-order valence-electron chi connectivity index (χ2n) is 3.59. The highest BCUT2D eigenvalue weighted by Gasteiger charge is 2.10. The highest BCUT2D eigenvalue weighted by molar-refractivity contribution is 6.33. The number of benzene rings is 1. The summed E-state index contributed by atoms with van der Waals surface area (Å²) >= 11 is 6.21. The third-order valence-electron chi connectivity index (χ3n) is 2.34. The Morgan fingerprint density at radius 3 is 3.00 bits per heavy atom. The first kappa shape index (κ1) is 11.2. The number of nitrogens with one attached hydrogen (secondary N) is 1. The third kappa shape index (κ3) is 2.10. The maximum atomic E-state index is 6.21. The Morgan fingerprint density at radius 1 is 1.44 bits per heavy atom. The molecule has 1 aromatic heterocycles. The summed E-state index contributed by atoms with van der Waals surface area (Å²) in [4.78, 5) is 4.17. The van der Waals surface area contributed by atoms with Crippen molar-refractivity contribution in [1.82, 2.24) is 10.3 Å². The first-order chi connectivity index (χ1) is 7.72. The first-order valence-corrected chi connectivity index (χ1v) is 5.45. The van der Waals surface area contributed by atoms with Crippen LogP contribution < -0.4 is 5.32 Å². The number of oxazole rings is 1. The van der Waals surface area contributed by atoms with Gasteiger partial charge in [0.15, 0.2) is 5.76 Å². The molecule has 4 heteroatoms. The second kappa shape index (κ2) is 4.68. The Kier molecular flexibility index (Phi) is 3.27. The van der Waals surface area contributed by atoms with Crippen LogP contribution in [0.25, 0.3) is 11.3 Å². The van der Waals surface area contributed by atoms with Crippen LogP contribution in [0.1, 0.15) is 11.5 Å². The molecule has 3 nitrogen and oxygen atoms in total. The zero-order valence-electron chi connectivity index (χ0n) is 9.25. The third-order valence-corrected chi connectivity index (χ3v) is 2.84. The molecule has 0 aliphatic heterocycles. The van der Waals surface area contributed by atoms with E-state index in [1.165, 1.54) is 0 Å². The van der Waals surface area contributed by atoms with Crippen molar-refractivity contribution in [2.45, 2.75) is 13.5 Å². The number of halogens is 1. The quantitative estimate of drug-likeness (QED) is 0.890. The zero-order chi connectivity index (χ0) is 11.5. The molecule has 0 unspecified atom stereocenters. The van der Waals surface area contributed by atoms with Gasteiger partial charge in [-0.25, -0.2) is 4.98 Å². The summed E-state index contributed by atoms with van der Waals surface area (Å²) in [6.07, 6.45) is 1.70. The summed E-state index contributed by atoms with van der Waals surface area (Å²) in [5, 5.41) is 3.70. The van der Waals surface area contributed by atoms with Crippen LogP contribution in [0.5, 0.6) is 0 Å². The van der Waals surface area contributed by atoms with E-state index < -0.39 is 0 Å². The van der Waals surface area contributed by atoms with Crippen LogP contribution in [-0.4, -0.2) is 12.0 Å². The highest BCUT2D eigenvalue weighted by Crippen LogP contribution is 2.30. The molecule has 0 saturated heterocycles. The molecule has 1 aromatic carbocycles. The molecule has 0 saturated carbocycles. The normalized spacial score (nSPS) is 10.7. The fourth-order valence-electron chi connectivity index (χ4n) is 1.51. The van der Waals surface area contributed by atoms with Crippen molar-refractivity contribution >= 4 is 11.6 Å². The zero-order valence-corrected chi connectivity index (χ0v) is 10.0. The van der Waals surface area contributed by atoms with Crippen molar-refractivity contribution in [2.75, 3.05) is 7.05 Å². The lowest BCUT2D eigenvalue weighted by molar-refractivity contribution is 0.491. The Hall–Kier alpha value is -1.32. The molecule has 0 radical (unpaired) electrons. The smallest absolute Gasteiger partial charge is 0.208 e. The van der Waals surface area contributed by atoms with Gasteiger partial charge in [0.25, 0.3) is 0 Å². The fourth-order valence-corrected chi connectivity index (χ4v) is 1.72. The number of hydrogen-bond acceptors (Lipinski definition) is 3. The molecular weight excluding hydrogens is 224 g/mol. The summed E-state index contributed by atoms with van der Waals surface area (Å²) in [5.74, 6) is 1.37. The summed E-state index contributed by atoms with van der Waals surface area (Å²) in [6.45, 7) is 2.58. The molecule has 0 aliphatic carbocycles. The van der Waals surface area contributed by atoms with E-state index in [-0.39, 0.29) is 0 Å². The minimum atomic E-state index is 0.615. The number of rotatable bonds is 3. The van der Waals surface area contributed by atoms with Crippen LogP contribution in [0.3, 0.4) is 0 Å². The Morgan fingerprint density at radius 2 is 2.25 bits per heavy atom. The lowest BCUT2D eigenvalue weighted by Crippen LogP contribution is -2.04. The van der Waals surface area contributed by atoms with E-state index in [9.17, 15) is 0 Å². The molecule has 1 heterocycles. The number of aromatic nitrogens is 1. The molecule has 0 spiro atoms. The van der Waals surface area contributed by atoms with Crippen LogP contribution in [-0.2, 0) is 6.54 Å². The fraction of sp³-hybridized carbons (Fsp3) is 0.250. The van der Waals surface area contributed by atoms with Gasteiger partial charge >= 0.3 is 0 Å². The van der Waals surface area contributed by atoms with Crippen LogP contribution in [0, 0.1) is 6.92 Å². The van der Waals surface area contributed by atoms with Crippen LogP contribution >= 0.6 is 11.6 Å². The molecule has 2 rings (SSSR count). The highest BCUT2D eigenvalue weighted by atomic mass is 35.5. The van der Waals surface area contributed by atoms with Crippen molar-refractivity contribution in [2.24, 2.45) is 0 Å². The summed E-state index contributed by atoms with van der Waals surface area (Å²) in [7, 11) is 1.85. The number of aryl methyl sites for hydroxylation is 1. The topological polar surface area (TPSA) is 38.1 Å². The molecule has 1 N–H and O–H groups in total. The molecule has 0 amide bonds. The largest absolute Gasteiger partial charge is 0.439 e. The molecule has 0 fully saturated rings. The van der Waals surface area contributed by atoms with E-state index in [1.807, 2.05) is 32.2 Å². The van der Waals surface area contributed by atoms with Crippen molar-refractivity contribution in [1.29, 1.82) is 0 Å². The van der Waals surface area contributed by atoms with E-state index in [4.69, 9.17) is 16.0 Å². The van der Waals surface area contributed by atoms with Crippen LogP contribution in [0.2, 0.25) is 5.02 Å². The summed E-state index contributed by atoms with van der Waals surface area (Å²) in [6, 6.07) is 5.85. The van der Waals surface area contributed by atoms with E-state index >= 15 is 0 Å². The lowest BCUT2D eigenvalue weighted by Gasteiger charge is -2.02. The van der Waals surface area contributed by atoms with Crippen LogP contribution in [0.15, 0.2) is 28.8 Å². The minimum Gasteiger partial charge on any atom is -0.439 e. The van der Waals surface area contributed by atoms with Gasteiger partial charge in [0.05, 0.1) is 17.8 Å². The summed E-state index contributed by atoms with van der Waals surface area (Å²) < 4.78 is 5.59. The monoisotopic (exact) mass is 236 g/mol. The predicted octanol–water partition coefficient (Wildman–Crippen LogP) is 3.02. The van der Waals surface area contributed by atoms with Crippen LogP contribution in [0.4, 0.5) is 0 Å². The van der Waals surface area contributed by atoms with Crippen molar-refractivity contribution in [3.63, 3.8) is 0 Å². The summed E-state index contributed by atoms with van der Waals surface area (Å²) in [5.41, 5.74) is 1.92. The van der Waals surface area contributed by atoms with Gasteiger partial charge in [-0.1, -0.05) is 23.7 Å². The predicted molar refractivity (Wildman–Crippen MR) is 64.4 cm³/mol. The molecule has 16 heavy (non-hydrogen) atoms. The van der Waals surface area contributed by atoms with Crippen molar-refractivity contribution in [3.05, 3.63) is 40.9 Å². The average Bonchev–Trinajstić information content (AvgIpc) is 2.71. The van der Waals surface area contributed by atoms with Gasteiger partial charge in [-0.3, -0.25) is 0 Å². The van der Waals surface area contributed by atoms with Crippen molar-refractivity contribution < 1.29 is 4.42 Å². The minimum absolute atomic E-state index is 0.615. The molecular formula is C12H13ClN2O. The standard InChI is InChI=1S/C12H13ClN2O/c1-8-4-3-5-9(12(8)13)10-6-15-11(16-10)7-14-2/h3-6,14H,7H2,1-2H3. The lowest BCUT2D eigenvalue weighted by atomic mass is 10.1. The van der Waals surface area contributed by atoms with E-state index in [2.05, 4.69) is 10.3 Å². The molecule has 0 aliphatic rings. The van der Waals surface area contributed by atoms with E-state index in [0.717, 1.165) is 16.1 Å². The van der Waals surface area contributed by atoms with Crippen molar-refractivity contribution in [3.8, 4) is 11.3 Å². The molecule has 0 bridgehead atoms. The van der Waals surface area contributed by atoms with E-state index in [1.54, 1.807) is 6.20 Å². The molecule has 2 aromatic rings. The number of nitrogens with zero attached hydrogens (tertiary/aromatic N) is 1. The SMILES string of the molecule is CNCc1ncc(-c2cccc(C)c2Cl)o1. The van der Waals surface area contributed by atoms with Gasteiger partial charge in [0, 0.05) is 5.56 Å². The van der Waals surface area contributed by atoms with Gasteiger partial charge in [0.2, 0.25) is 5.89 Å². The Balaban J connectivity index is 2.39. The second-order valence-corrected chi connectivity index (χ2v) is 3.96. The van der Waals surface area contributed by atoms with Gasteiger partial charge in [-0.15, -0.1) is 0 Å². The number of hydrogen-bond donors (Lipinski definition) is 1. The van der Waals surface area contributed by atoms with Gasteiger partial charge < -0.3 is 9.73 Å². The van der Waals surface area contributed by atoms with Gasteiger partial charge in [-0.05, 0) is 25.6 Å². The maximum Gasteiger partial charge on any atom is 0.208 e. The average molecular weight is 237 g/mol. The first-order valence-electron chi connectivity index (χ1n) is 5.07. The Bertz CT molecular complexity index is 494. The molecule has 0 atom stereocenters. The molecule has 84 valence electrons. The van der Waals surface area contributed by atoms with Gasteiger partial charge in [0.1, 0.15) is 0 Å². The maximum absolute atomic E-state index is 6.21. The van der Waals surface area contributed by atoms with Gasteiger partial charge in [-0.2, -0.15) is 0 Å². The van der Waals surface area contributed by atoms with E-state index in [0.29, 0.717) is 18.2 Å². The Labute approximate surface area is 99.5 Å².